The molecule has 1 fully saturated rings. The van der Waals surface area contributed by atoms with E-state index < -0.39 is 6.09 Å². The SMILES string of the molecule is Cc1ccc2cc(COc3cccnc3C3CCCCN3C(=O)O)ccc2n1. The van der Waals surface area contributed by atoms with Crippen LogP contribution in [0.25, 0.3) is 10.9 Å². The van der Waals surface area contributed by atoms with Gasteiger partial charge in [-0.25, -0.2) is 4.79 Å². The minimum absolute atomic E-state index is 0.258. The van der Waals surface area contributed by atoms with Crippen LogP contribution in [0.2, 0.25) is 0 Å². The summed E-state index contributed by atoms with van der Waals surface area (Å²) in [4.78, 5) is 22.1. The Labute approximate surface area is 163 Å². The van der Waals surface area contributed by atoms with Gasteiger partial charge >= 0.3 is 6.09 Å². The minimum Gasteiger partial charge on any atom is -0.487 e. The smallest absolute Gasteiger partial charge is 0.407 e. The first-order valence-electron chi connectivity index (χ1n) is 9.55. The van der Waals surface area contributed by atoms with Crippen molar-refractivity contribution >= 4 is 17.0 Å². The van der Waals surface area contributed by atoms with Crippen molar-refractivity contribution in [2.75, 3.05) is 6.54 Å². The van der Waals surface area contributed by atoms with Gasteiger partial charge in [-0.2, -0.15) is 0 Å². The number of piperidine rings is 1. The Morgan fingerprint density at radius 1 is 1.25 bits per heavy atom. The third-order valence-electron chi connectivity index (χ3n) is 5.15. The molecule has 1 amide bonds. The lowest BCUT2D eigenvalue weighted by atomic mass is 9.99. The largest absolute Gasteiger partial charge is 0.487 e. The predicted molar refractivity (Wildman–Crippen MR) is 106 cm³/mol. The van der Waals surface area contributed by atoms with Crippen LogP contribution in [0.15, 0.2) is 48.7 Å². The van der Waals surface area contributed by atoms with Crippen LogP contribution in [0.1, 0.15) is 42.3 Å². The molecule has 0 aliphatic carbocycles. The van der Waals surface area contributed by atoms with Crippen molar-refractivity contribution in [3.8, 4) is 5.75 Å². The van der Waals surface area contributed by atoms with E-state index in [-0.39, 0.29) is 6.04 Å². The van der Waals surface area contributed by atoms with Crippen molar-refractivity contribution in [3.05, 3.63) is 65.6 Å². The van der Waals surface area contributed by atoms with Crippen LogP contribution < -0.4 is 4.74 Å². The molecule has 6 heteroatoms. The van der Waals surface area contributed by atoms with Gasteiger partial charge in [0.05, 0.1) is 11.6 Å². The van der Waals surface area contributed by atoms with E-state index in [0.29, 0.717) is 24.6 Å². The molecule has 1 atom stereocenters. The van der Waals surface area contributed by atoms with Gasteiger partial charge < -0.3 is 9.84 Å². The fourth-order valence-corrected chi connectivity index (χ4v) is 3.75. The topological polar surface area (TPSA) is 75.5 Å². The van der Waals surface area contributed by atoms with Crippen molar-refractivity contribution in [3.63, 3.8) is 0 Å². The number of hydrogen-bond acceptors (Lipinski definition) is 4. The predicted octanol–water partition coefficient (Wildman–Crippen LogP) is 4.72. The van der Waals surface area contributed by atoms with Crippen LogP contribution in [-0.4, -0.2) is 32.6 Å². The van der Waals surface area contributed by atoms with Gasteiger partial charge in [-0.05, 0) is 62.1 Å². The second kappa shape index (κ2) is 7.84. The van der Waals surface area contributed by atoms with Gasteiger partial charge in [0.2, 0.25) is 0 Å². The molecule has 144 valence electrons. The number of aromatic nitrogens is 2. The average Bonchev–Trinajstić information content (AvgIpc) is 2.72. The maximum atomic E-state index is 11.6. The van der Waals surface area contributed by atoms with Gasteiger partial charge in [0.1, 0.15) is 18.1 Å². The highest BCUT2D eigenvalue weighted by Gasteiger charge is 2.30. The molecular formula is C22H23N3O3. The number of rotatable bonds is 4. The van der Waals surface area contributed by atoms with E-state index in [1.165, 1.54) is 4.90 Å². The summed E-state index contributed by atoms with van der Waals surface area (Å²) in [6.45, 7) is 2.90. The average molecular weight is 377 g/mol. The summed E-state index contributed by atoms with van der Waals surface area (Å²) < 4.78 is 6.07. The van der Waals surface area contributed by atoms with Crippen molar-refractivity contribution < 1.29 is 14.6 Å². The lowest BCUT2D eigenvalue weighted by Gasteiger charge is -2.33. The Hall–Kier alpha value is -3.15. The molecule has 3 heterocycles. The van der Waals surface area contributed by atoms with E-state index in [1.807, 2.05) is 37.3 Å². The van der Waals surface area contributed by atoms with E-state index in [4.69, 9.17) is 4.74 Å². The first-order chi connectivity index (χ1) is 13.6. The van der Waals surface area contributed by atoms with Crippen molar-refractivity contribution in [1.82, 2.24) is 14.9 Å². The summed E-state index contributed by atoms with van der Waals surface area (Å²) in [5.41, 5.74) is 3.69. The van der Waals surface area contributed by atoms with Crippen LogP contribution in [0.5, 0.6) is 5.75 Å². The fourth-order valence-electron chi connectivity index (χ4n) is 3.75. The molecule has 1 aliphatic heterocycles. The summed E-state index contributed by atoms with van der Waals surface area (Å²) in [6, 6.07) is 13.6. The van der Waals surface area contributed by atoms with Crippen LogP contribution in [0, 0.1) is 6.92 Å². The summed E-state index contributed by atoms with van der Waals surface area (Å²) in [5.74, 6) is 0.641. The third kappa shape index (κ3) is 3.76. The Balaban J connectivity index is 1.56. The highest BCUT2D eigenvalue weighted by Crippen LogP contribution is 2.35. The number of nitrogens with zero attached hydrogens (tertiary/aromatic N) is 3. The number of aryl methyl sites for hydroxylation is 1. The number of ether oxygens (including phenoxy) is 1. The molecule has 1 saturated heterocycles. The lowest BCUT2D eigenvalue weighted by Crippen LogP contribution is -2.38. The molecule has 0 spiro atoms. The second-order valence-corrected chi connectivity index (χ2v) is 7.14. The third-order valence-corrected chi connectivity index (χ3v) is 5.15. The summed E-state index contributed by atoms with van der Waals surface area (Å²) in [6.07, 6.45) is 3.43. The first-order valence-corrected chi connectivity index (χ1v) is 9.55. The van der Waals surface area contributed by atoms with Crippen LogP contribution >= 0.6 is 0 Å². The summed E-state index contributed by atoms with van der Waals surface area (Å²) >= 11 is 0. The zero-order valence-corrected chi connectivity index (χ0v) is 15.8. The number of carboxylic acid groups (broad SMARTS) is 1. The molecular weight excluding hydrogens is 354 g/mol. The molecule has 0 saturated carbocycles. The molecule has 6 nitrogen and oxygen atoms in total. The van der Waals surface area contributed by atoms with Crippen LogP contribution in [0.3, 0.4) is 0 Å². The van der Waals surface area contributed by atoms with Gasteiger partial charge in [-0.1, -0.05) is 12.1 Å². The molecule has 4 rings (SSSR count). The molecule has 0 radical (unpaired) electrons. The number of hydrogen-bond donors (Lipinski definition) is 1. The number of amides is 1. The molecule has 3 aromatic rings. The van der Waals surface area contributed by atoms with E-state index in [1.54, 1.807) is 6.20 Å². The summed E-state index contributed by atoms with van der Waals surface area (Å²) in [5, 5.41) is 10.6. The standard InChI is InChI=1S/C22H23N3O3/c1-15-7-9-17-13-16(8-10-18(17)24-15)14-28-20-6-4-11-23-21(20)19-5-2-3-12-25(19)22(26)27/h4,6-11,13,19H,2-3,5,12,14H2,1H3,(H,26,27). The van der Waals surface area contributed by atoms with Crippen LogP contribution in [-0.2, 0) is 6.61 Å². The Morgan fingerprint density at radius 3 is 3.00 bits per heavy atom. The number of pyridine rings is 2. The Bertz CT molecular complexity index is 1010. The molecule has 1 aliphatic rings. The zero-order valence-electron chi connectivity index (χ0n) is 15.8. The normalized spacial score (nSPS) is 16.9. The number of benzene rings is 1. The fraction of sp³-hybridized carbons (Fsp3) is 0.318. The first kappa shape index (κ1) is 18.2. The maximum Gasteiger partial charge on any atom is 0.407 e. The van der Waals surface area contributed by atoms with Gasteiger partial charge in [0.15, 0.2) is 0 Å². The zero-order chi connectivity index (χ0) is 19.5. The number of fused-ring (bicyclic) bond motifs is 1. The lowest BCUT2D eigenvalue weighted by molar-refractivity contribution is 0.103. The number of carbonyl (C=O) groups is 1. The van der Waals surface area contributed by atoms with Gasteiger partial charge in [0, 0.05) is 23.8 Å². The van der Waals surface area contributed by atoms with E-state index >= 15 is 0 Å². The Kier molecular flexibility index (Phi) is 5.10. The second-order valence-electron chi connectivity index (χ2n) is 7.14. The molecule has 1 aromatic carbocycles. The molecule has 0 bridgehead atoms. The quantitative estimate of drug-likeness (QED) is 0.712. The van der Waals surface area contributed by atoms with Crippen molar-refractivity contribution in [1.29, 1.82) is 0 Å². The maximum absolute atomic E-state index is 11.6. The monoisotopic (exact) mass is 377 g/mol. The van der Waals surface area contributed by atoms with Gasteiger partial charge in [-0.3, -0.25) is 14.9 Å². The van der Waals surface area contributed by atoms with Crippen molar-refractivity contribution in [2.45, 2.75) is 38.8 Å². The van der Waals surface area contributed by atoms with E-state index in [0.717, 1.165) is 41.4 Å². The van der Waals surface area contributed by atoms with Gasteiger partial charge in [0.25, 0.3) is 0 Å². The highest BCUT2D eigenvalue weighted by atomic mass is 16.5. The highest BCUT2D eigenvalue weighted by molar-refractivity contribution is 5.79. The number of likely N-dealkylation sites (tertiary alicyclic amines) is 1. The van der Waals surface area contributed by atoms with Crippen molar-refractivity contribution in [2.24, 2.45) is 0 Å². The molecule has 1 unspecified atom stereocenters. The minimum atomic E-state index is -0.904. The summed E-state index contributed by atoms with van der Waals surface area (Å²) in [7, 11) is 0. The molecule has 1 N–H and O–H groups in total. The van der Waals surface area contributed by atoms with E-state index in [9.17, 15) is 9.90 Å². The van der Waals surface area contributed by atoms with E-state index in [2.05, 4.69) is 22.1 Å². The van der Waals surface area contributed by atoms with Gasteiger partial charge in [-0.15, -0.1) is 0 Å². The Morgan fingerprint density at radius 2 is 2.14 bits per heavy atom. The molecule has 2 aromatic heterocycles. The van der Waals surface area contributed by atoms with Crippen LogP contribution in [0.4, 0.5) is 4.79 Å². The molecule has 28 heavy (non-hydrogen) atoms.